The van der Waals surface area contributed by atoms with E-state index in [1.807, 2.05) is 18.2 Å². The van der Waals surface area contributed by atoms with Crippen molar-refractivity contribution in [2.24, 2.45) is 0 Å². The van der Waals surface area contributed by atoms with Crippen LogP contribution < -0.4 is 15.4 Å². The zero-order valence-corrected chi connectivity index (χ0v) is 15.9. The molecule has 0 fully saturated rings. The Morgan fingerprint density at radius 1 is 1.19 bits per heavy atom. The lowest BCUT2D eigenvalue weighted by Gasteiger charge is -2.25. The van der Waals surface area contributed by atoms with Gasteiger partial charge >= 0.3 is 0 Å². The number of ether oxygens (including phenoxy) is 1. The molecular weight excluding hydrogens is 340 g/mol. The van der Waals surface area contributed by atoms with Gasteiger partial charge in [0.25, 0.3) is 5.91 Å². The normalized spacial score (nSPS) is 15.6. The van der Waals surface area contributed by atoms with Crippen LogP contribution in [-0.2, 0) is 17.8 Å². The Morgan fingerprint density at radius 2 is 2.04 bits per heavy atom. The zero-order chi connectivity index (χ0) is 19.2. The molecule has 2 aromatic carbocycles. The molecule has 0 saturated heterocycles. The minimum atomic E-state index is -0.127. The van der Waals surface area contributed by atoms with Crippen molar-refractivity contribution < 1.29 is 14.3 Å². The van der Waals surface area contributed by atoms with Crippen LogP contribution in [0.2, 0.25) is 0 Å². The smallest absolute Gasteiger partial charge is 0.251 e. The molecule has 5 nitrogen and oxygen atoms in total. The summed E-state index contributed by atoms with van der Waals surface area (Å²) in [7, 11) is 3.28. The monoisotopic (exact) mass is 366 g/mol. The first-order valence-corrected chi connectivity index (χ1v) is 9.35. The van der Waals surface area contributed by atoms with Crippen LogP contribution >= 0.6 is 0 Å². The summed E-state index contributed by atoms with van der Waals surface area (Å²) >= 11 is 0. The van der Waals surface area contributed by atoms with Crippen LogP contribution in [0.3, 0.4) is 0 Å². The first-order valence-electron chi connectivity index (χ1n) is 9.35. The Labute approximate surface area is 160 Å². The Morgan fingerprint density at radius 3 is 2.81 bits per heavy atom. The molecule has 2 N–H and O–H groups in total. The van der Waals surface area contributed by atoms with E-state index in [1.54, 1.807) is 26.3 Å². The summed E-state index contributed by atoms with van der Waals surface area (Å²) in [5.74, 6) is 1.03. The van der Waals surface area contributed by atoms with Crippen molar-refractivity contribution in [2.45, 2.75) is 38.1 Å². The van der Waals surface area contributed by atoms with Crippen molar-refractivity contribution in [3.63, 3.8) is 0 Å². The van der Waals surface area contributed by atoms with Gasteiger partial charge in [-0.3, -0.25) is 9.59 Å². The molecule has 0 radical (unpaired) electrons. The molecule has 142 valence electrons. The number of rotatable bonds is 6. The average molecular weight is 366 g/mol. The minimum Gasteiger partial charge on any atom is -0.497 e. The highest BCUT2D eigenvalue weighted by molar-refractivity contribution is 5.94. The molecule has 1 atom stereocenters. The fourth-order valence-electron chi connectivity index (χ4n) is 3.69. The topological polar surface area (TPSA) is 67.4 Å². The number of amides is 2. The van der Waals surface area contributed by atoms with Gasteiger partial charge in [0.05, 0.1) is 7.11 Å². The lowest BCUT2D eigenvalue weighted by molar-refractivity contribution is -0.121. The Hall–Kier alpha value is -2.82. The van der Waals surface area contributed by atoms with Crippen LogP contribution in [0.15, 0.2) is 42.5 Å². The molecule has 0 unspecified atom stereocenters. The SMILES string of the molecule is CNC(=O)c1cccc(CNC(=O)C[C@H]2CCCc3cc(OC)ccc32)c1. The number of nitrogens with one attached hydrogen (secondary N) is 2. The number of hydrogen-bond acceptors (Lipinski definition) is 3. The molecular formula is C22H26N2O3. The minimum absolute atomic E-state index is 0.0361. The maximum atomic E-state index is 12.5. The fraction of sp³-hybridized carbons (Fsp3) is 0.364. The third-order valence-corrected chi connectivity index (χ3v) is 5.13. The van der Waals surface area contributed by atoms with Crippen molar-refractivity contribution >= 4 is 11.8 Å². The molecule has 2 amide bonds. The predicted octanol–water partition coefficient (Wildman–Crippen LogP) is 3.18. The van der Waals surface area contributed by atoms with Gasteiger partial charge in [0.2, 0.25) is 5.91 Å². The van der Waals surface area contributed by atoms with E-state index < -0.39 is 0 Å². The van der Waals surface area contributed by atoms with Gasteiger partial charge in [-0.15, -0.1) is 0 Å². The van der Waals surface area contributed by atoms with E-state index in [-0.39, 0.29) is 17.7 Å². The van der Waals surface area contributed by atoms with Crippen molar-refractivity contribution in [1.29, 1.82) is 0 Å². The van der Waals surface area contributed by atoms with Crippen LogP contribution in [-0.4, -0.2) is 26.0 Å². The average Bonchev–Trinajstić information content (AvgIpc) is 2.71. The van der Waals surface area contributed by atoms with Gasteiger partial charge < -0.3 is 15.4 Å². The Kier molecular flexibility index (Phi) is 6.12. The highest BCUT2D eigenvalue weighted by Gasteiger charge is 2.23. The first-order chi connectivity index (χ1) is 13.1. The lowest BCUT2D eigenvalue weighted by Crippen LogP contribution is -2.26. The van der Waals surface area contributed by atoms with Gasteiger partial charge in [0.15, 0.2) is 0 Å². The van der Waals surface area contributed by atoms with Crippen LogP contribution in [0.4, 0.5) is 0 Å². The summed E-state index contributed by atoms with van der Waals surface area (Å²) < 4.78 is 5.31. The number of carbonyl (C=O) groups excluding carboxylic acids is 2. The molecule has 3 rings (SSSR count). The molecule has 0 bridgehead atoms. The number of hydrogen-bond donors (Lipinski definition) is 2. The van der Waals surface area contributed by atoms with Gasteiger partial charge in [-0.2, -0.15) is 0 Å². The quantitative estimate of drug-likeness (QED) is 0.825. The summed E-state index contributed by atoms with van der Waals surface area (Å²) in [4.78, 5) is 24.2. The standard InChI is InChI=1S/C22H26N2O3/c1-23-22(26)18-8-3-5-15(11-18)14-24-21(25)13-17-7-4-6-16-12-19(27-2)9-10-20(16)17/h3,5,8-12,17H,4,6-7,13-14H2,1-2H3,(H,23,26)(H,24,25)/t17-/m1/s1. The molecule has 0 saturated carbocycles. The van der Waals surface area contributed by atoms with Crippen molar-refractivity contribution in [3.05, 3.63) is 64.7 Å². The van der Waals surface area contributed by atoms with E-state index in [0.29, 0.717) is 18.5 Å². The van der Waals surface area contributed by atoms with E-state index >= 15 is 0 Å². The summed E-state index contributed by atoms with van der Waals surface area (Å²) in [5.41, 5.74) is 4.06. The molecule has 1 aliphatic rings. The fourth-order valence-corrected chi connectivity index (χ4v) is 3.69. The summed E-state index contributed by atoms with van der Waals surface area (Å²) in [6.45, 7) is 0.422. The summed E-state index contributed by atoms with van der Waals surface area (Å²) in [6, 6.07) is 13.5. The van der Waals surface area contributed by atoms with Crippen LogP contribution in [0.1, 0.15) is 52.2 Å². The number of carbonyl (C=O) groups is 2. The predicted molar refractivity (Wildman–Crippen MR) is 105 cm³/mol. The van der Waals surface area contributed by atoms with Crippen LogP contribution in [0, 0.1) is 0 Å². The molecule has 0 heterocycles. The maximum Gasteiger partial charge on any atom is 0.251 e. The molecule has 27 heavy (non-hydrogen) atoms. The molecule has 0 spiro atoms. The largest absolute Gasteiger partial charge is 0.497 e. The van der Waals surface area contributed by atoms with Gasteiger partial charge in [-0.1, -0.05) is 18.2 Å². The zero-order valence-electron chi connectivity index (χ0n) is 15.9. The van der Waals surface area contributed by atoms with Gasteiger partial charge in [0.1, 0.15) is 5.75 Å². The van der Waals surface area contributed by atoms with Crippen molar-refractivity contribution in [1.82, 2.24) is 10.6 Å². The van der Waals surface area contributed by atoms with Gasteiger partial charge in [0, 0.05) is 25.6 Å². The second-order valence-corrected chi connectivity index (χ2v) is 6.91. The second kappa shape index (κ2) is 8.71. The van der Waals surface area contributed by atoms with E-state index in [9.17, 15) is 9.59 Å². The molecule has 0 aliphatic heterocycles. The number of fused-ring (bicyclic) bond motifs is 1. The Bertz CT molecular complexity index is 832. The van der Waals surface area contributed by atoms with Gasteiger partial charge in [-0.05, 0) is 66.1 Å². The molecule has 0 aromatic heterocycles. The highest BCUT2D eigenvalue weighted by atomic mass is 16.5. The third-order valence-electron chi connectivity index (χ3n) is 5.13. The van der Waals surface area contributed by atoms with E-state index in [2.05, 4.69) is 22.8 Å². The van der Waals surface area contributed by atoms with E-state index in [0.717, 1.165) is 30.6 Å². The van der Waals surface area contributed by atoms with Crippen LogP contribution in [0.25, 0.3) is 0 Å². The first kappa shape index (κ1) is 19.0. The van der Waals surface area contributed by atoms with E-state index in [1.165, 1.54) is 11.1 Å². The lowest BCUT2D eigenvalue weighted by atomic mass is 9.81. The molecule has 1 aliphatic carbocycles. The number of benzene rings is 2. The van der Waals surface area contributed by atoms with Gasteiger partial charge in [-0.25, -0.2) is 0 Å². The van der Waals surface area contributed by atoms with E-state index in [4.69, 9.17) is 4.74 Å². The summed E-state index contributed by atoms with van der Waals surface area (Å²) in [5, 5.41) is 5.60. The second-order valence-electron chi connectivity index (χ2n) is 6.91. The Balaban J connectivity index is 1.60. The third kappa shape index (κ3) is 4.67. The molecule has 2 aromatic rings. The molecule has 5 heteroatoms. The van der Waals surface area contributed by atoms with Crippen molar-refractivity contribution in [3.8, 4) is 5.75 Å². The number of aryl methyl sites for hydroxylation is 1. The maximum absolute atomic E-state index is 12.5. The van der Waals surface area contributed by atoms with Crippen molar-refractivity contribution in [2.75, 3.05) is 14.2 Å². The highest BCUT2D eigenvalue weighted by Crippen LogP contribution is 2.35. The number of methoxy groups -OCH3 is 1. The summed E-state index contributed by atoms with van der Waals surface area (Å²) in [6.07, 6.45) is 3.64. The van der Waals surface area contributed by atoms with Crippen LogP contribution in [0.5, 0.6) is 5.75 Å².